The molecule has 0 spiro atoms. The van der Waals surface area contributed by atoms with Gasteiger partial charge in [-0.25, -0.2) is 0 Å². The van der Waals surface area contributed by atoms with Gasteiger partial charge in [0.25, 0.3) is 0 Å². The normalized spacial score (nSPS) is 26.4. The second kappa shape index (κ2) is 10.7. The third-order valence-corrected chi connectivity index (χ3v) is 5.57. The van der Waals surface area contributed by atoms with Crippen molar-refractivity contribution >= 4 is 0 Å². The topological polar surface area (TPSA) is 12.0 Å². The number of nitrogens with one attached hydrogen (secondary N) is 1. The molecule has 0 aromatic carbocycles. The lowest BCUT2D eigenvalue weighted by Gasteiger charge is -2.36. The van der Waals surface area contributed by atoms with Crippen LogP contribution < -0.4 is 5.32 Å². The van der Waals surface area contributed by atoms with Crippen molar-refractivity contribution in [1.29, 1.82) is 0 Å². The summed E-state index contributed by atoms with van der Waals surface area (Å²) in [4.78, 5) is 0. The molecule has 120 valence electrons. The van der Waals surface area contributed by atoms with Gasteiger partial charge in [0.15, 0.2) is 0 Å². The molecule has 0 saturated heterocycles. The summed E-state index contributed by atoms with van der Waals surface area (Å²) in [6.07, 6.45) is 14.3. The Labute approximate surface area is 128 Å². The van der Waals surface area contributed by atoms with Gasteiger partial charge in [-0.2, -0.15) is 0 Å². The summed E-state index contributed by atoms with van der Waals surface area (Å²) >= 11 is 0. The molecule has 1 heteroatoms. The molecule has 1 saturated carbocycles. The first-order valence-corrected chi connectivity index (χ1v) is 9.48. The maximum absolute atomic E-state index is 3.84. The van der Waals surface area contributed by atoms with E-state index >= 15 is 0 Å². The first-order valence-electron chi connectivity index (χ1n) is 9.48. The number of unbranched alkanes of at least 4 members (excludes halogenated alkanes) is 1. The molecule has 0 radical (unpaired) electrons. The van der Waals surface area contributed by atoms with Gasteiger partial charge in [-0.05, 0) is 43.6 Å². The first-order chi connectivity index (χ1) is 9.74. The Hall–Kier alpha value is -0.0400. The van der Waals surface area contributed by atoms with Crippen LogP contribution >= 0.6 is 0 Å². The molecule has 20 heavy (non-hydrogen) atoms. The molecule has 0 aromatic heterocycles. The summed E-state index contributed by atoms with van der Waals surface area (Å²) in [5, 5.41) is 3.84. The fourth-order valence-electron chi connectivity index (χ4n) is 4.11. The highest BCUT2D eigenvalue weighted by Crippen LogP contribution is 2.35. The van der Waals surface area contributed by atoms with Crippen LogP contribution in [-0.2, 0) is 0 Å². The fourth-order valence-corrected chi connectivity index (χ4v) is 4.11. The predicted octanol–water partition coefficient (Wildman–Crippen LogP) is 5.79. The van der Waals surface area contributed by atoms with Crippen LogP contribution in [-0.4, -0.2) is 12.6 Å². The third kappa shape index (κ3) is 6.16. The van der Waals surface area contributed by atoms with E-state index in [1.807, 2.05) is 0 Å². The van der Waals surface area contributed by atoms with Gasteiger partial charge in [-0.3, -0.25) is 0 Å². The number of rotatable bonds is 10. The molecule has 1 aliphatic carbocycles. The van der Waals surface area contributed by atoms with Crippen LogP contribution in [0.3, 0.4) is 0 Å². The van der Waals surface area contributed by atoms with Gasteiger partial charge < -0.3 is 5.32 Å². The zero-order valence-electron chi connectivity index (χ0n) is 14.6. The molecule has 1 N–H and O–H groups in total. The van der Waals surface area contributed by atoms with Crippen molar-refractivity contribution in [3.05, 3.63) is 0 Å². The lowest BCUT2D eigenvalue weighted by molar-refractivity contribution is 0.185. The molecule has 4 atom stereocenters. The van der Waals surface area contributed by atoms with E-state index in [4.69, 9.17) is 0 Å². The summed E-state index contributed by atoms with van der Waals surface area (Å²) in [5.74, 6) is 2.90. The molecule has 0 bridgehead atoms. The van der Waals surface area contributed by atoms with Gasteiger partial charge in [-0.15, -0.1) is 0 Å². The minimum absolute atomic E-state index is 0.788. The van der Waals surface area contributed by atoms with Gasteiger partial charge >= 0.3 is 0 Å². The Balaban J connectivity index is 2.52. The van der Waals surface area contributed by atoms with E-state index < -0.39 is 0 Å². The highest BCUT2D eigenvalue weighted by molar-refractivity contribution is 4.83. The second-order valence-corrected chi connectivity index (χ2v) is 7.02. The largest absolute Gasteiger partial charge is 0.314 e. The summed E-state index contributed by atoms with van der Waals surface area (Å²) < 4.78 is 0. The Morgan fingerprint density at radius 1 is 1.10 bits per heavy atom. The molecule has 4 unspecified atom stereocenters. The van der Waals surface area contributed by atoms with E-state index in [9.17, 15) is 0 Å². The molecule has 0 amide bonds. The smallest absolute Gasteiger partial charge is 0.00979 e. The minimum atomic E-state index is 0.788. The van der Waals surface area contributed by atoms with Crippen molar-refractivity contribution in [2.45, 2.75) is 97.9 Å². The van der Waals surface area contributed by atoms with Crippen LogP contribution in [0.1, 0.15) is 91.9 Å². The van der Waals surface area contributed by atoms with Crippen molar-refractivity contribution in [3.8, 4) is 0 Å². The molecule has 1 fully saturated rings. The van der Waals surface area contributed by atoms with Crippen molar-refractivity contribution in [3.63, 3.8) is 0 Å². The quantitative estimate of drug-likeness (QED) is 0.534. The average molecular weight is 282 g/mol. The number of hydrogen-bond donors (Lipinski definition) is 1. The zero-order chi connectivity index (χ0) is 14.8. The molecular weight excluding hydrogens is 242 g/mol. The van der Waals surface area contributed by atoms with Crippen molar-refractivity contribution in [2.75, 3.05) is 6.54 Å². The SMILES string of the molecule is CCCCC(CC)CC(NCC)C1CCCC(CC)C1. The Kier molecular flexibility index (Phi) is 9.59. The molecule has 0 aliphatic heterocycles. The monoisotopic (exact) mass is 281 g/mol. The average Bonchev–Trinajstić information content (AvgIpc) is 2.50. The van der Waals surface area contributed by atoms with E-state index in [-0.39, 0.29) is 0 Å². The van der Waals surface area contributed by atoms with Crippen LogP contribution in [0.2, 0.25) is 0 Å². The molecule has 1 rings (SSSR count). The Morgan fingerprint density at radius 2 is 1.90 bits per heavy atom. The standard InChI is InChI=1S/C19H39N/c1-5-9-11-17(7-3)15-19(20-8-4)18-13-10-12-16(6-2)14-18/h16-20H,5-15H2,1-4H3. The Morgan fingerprint density at radius 3 is 2.50 bits per heavy atom. The van der Waals surface area contributed by atoms with Crippen molar-refractivity contribution < 1.29 is 0 Å². The lowest BCUT2D eigenvalue weighted by atomic mass is 9.74. The highest BCUT2D eigenvalue weighted by Gasteiger charge is 2.28. The maximum atomic E-state index is 3.84. The van der Waals surface area contributed by atoms with Crippen molar-refractivity contribution in [1.82, 2.24) is 5.32 Å². The van der Waals surface area contributed by atoms with Crippen LogP contribution in [0.15, 0.2) is 0 Å². The minimum Gasteiger partial charge on any atom is -0.314 e. The second-order valence-electron chi connectivity index (χ2n) is 7.02. The zero-order valence-corrected chi connectivity index (χ0v) is 14.6. The van der Waals surface area contributed by atoms with Crippen LogP contribution in [0.25, 0.3) is 0 Å². The summed E-state index contributed by atoms with van der Waals surface area (Å²) in [7, 11) is 0. The maximum Gasteiger partial charge on any atom is 0.00979 e. The van der Waals surface area contributed by atoms with Gasteiger partial charge in [0, 0.05) is 6.04 Å². The fraction of sp³-hybridized carbons (Fsp3) is 1.00. The van der Waals surface area contributed by atoms with Crippen LogP contribution in [0.5, 0.6) is 0 Å². The van der Waals surface area contributed by atoms with E-state index in [0.29, 0.717) is 0 Å². The molecule has 1 nitrogen and oxygen atoms in total. The Bertz CT molecular complexity index is 226. The van der Waals surface area contributed by atoms with Gasteiger partial charge in [0.05, 0.1) is 0 Å². The predicted molar refractivity (Wildman–Crippen MR) is 91.1 cm³/mol. The van der Waals surface area contributed by atoms with E-state index in [1.165, 1.54) is 64.2 Å². The summed E-state index contributed by atoms with van der Waals surface area (Å²) in [6, 6.07) is 0.788. The van der Waals surface area contributed by atoms with Gasteiger partial charge in [0.1, 0.15) is 0 Å². The van der Waals surface area contributed by atoms with Crippen molar-refractivity contribution in [2.24, 2.45) is 17.8 Å². The van der Waals surface area contributed by atoms with E-state index in [0.717, 1.165) is 30.3 Å². The van der Waals surface area contributed by atoms with E-state index in [2.05, 4.69) is 33.0 Å². The highest BCUT2D eigenvalue weighted by atomic mass is 14.9. The van der Waals surface area contributed by atoms with Crippen LogP contribution in [0.4, 0.5) is 0 Å². The van der Waals surface area contributed by atoms with Gasteiger partial charge in [-0.1, -0.05) is 72.6 Å². The number of hydrogen-bond acceptors (Lipinski definition) is 1. The summed E-state index contributed by atoms with van der Waals surface area (Å²) in [5.41, 5.74) is 0. The lowest BCUT2D eigenvalue weighted by Crippen LogP contribution is -2.40. The van der Waals surface area contributed by atoms with Crippen LogP contribution in [0, 0.1) is 17.8 Å². The van der Waals surface area contributed by atoms with E-state index in [1.54, 1.807) is 0 Å². The molecule has 0 heterocycles. The molecule has 0 aromatic rings. The third-order valence-electron chi connectivity index (χ3n) is 5.57. The van der Waals surface area contributed by atoms with Gasteiger partial charge in [0.2, 0.25) is 0 Å². The summed E-state index contributed by atoms with van der Waals surface area (Å²) in [6.45, 7) is 10.5. The molecule has 1 aliphatic rings. The first kappa shape index (κ1) is 18.0. The molecular formula is C19H39N.